The van der Waals surface area contributed by atoms with Gasteiger partial charge in [0.05, 0.1) is 7.11 Å². The van der Waals surface area contributed by atoms with Crippen LogP contribution in [0, 0.1) is 34.5 Å². The molecule has 30 heavy (non-hydrogen) atoms. The third-order valence-electron chi connectivity index (χ3n) is 10.7. The van der Waals surface area contributed by atoms with Gasteiger partial charge in [0, 0.05) is 25.7 Å². The largest absolute Gasteiger partial charge is 0.453 e. The molecule has 1 saturated heterocycles. The summed E-state index contributed by atoms with van der Waals surface area (Å²) in [5.41, 5.74) is 2.61. The fourth-order valence-corrected chi connectivity index (χ4v) is 9.07. The van der Waals surface area contributed by atoms with Gasteiger partial charge in [-0.1, -0.05) is 26.0 Å². The molecule has 0 N–H and O–H groups in total. The van der Waals surface area contributed by atoms with Crippen LogP contribution in [0.1, 0.15) is 72.6 Å². The maximum Gasteiger partial charge on any atom is 0.409 e. The van der Waals surface area contributed by atoms with Crippen molar-refractivity contribution in [2.45, 2.75) is 84.7 Å². The number of likely N-dealkylation sites (tertiary alicyclic amines) is 1. The zero-order chi connectivity index (χ0) is 20.6. The number of methoxy groups -OCH3 is 1. The molecule has 5 aliphatic rings. The van der Waals surface area contributed by atoms with Gasteiger partial charge in [-0.3, -0.25) is 0 Å². The second kappa shape index (κ2) is 7.53. The molecule has 1 aliphatic heterocycles. The van der Waals surface area contributed by atoms with E-state index < -0.39 is 0 Å². The van der Waals surface area contributed by atoms with Gasteiger partial charge in [0.15, 0.2) is 0 Å². The summed E-state index contributed by atoms with van der Waals surface area (Å²) in [5, 5.41) is 0. The van der Waals surface area contributed by atoms with Gasteiger partial charge in [0.2, 0.25) is 0 Å². The van der Waals surface area contributed by atoms with Crippen molar-refractivity contribution in [3.8, 4) is 0 Å². The highest BCUT2D eigenvalue weighted by Crippen LogP contribution is 2.68. The third kappa shape index (κ3) is 2.84. The second-order valence-electron chi connectivity index (χ2n) is 11.3. The molecule has 1 spiro atoms. The van der Waals surface area contributed by atoms with Crippen LogP contribution < -0.4 is 0 Å². The number of ether oxygens (including phenoxy) is 1. The molecule has 4 nitrogen and oxygen atoms in total. The Labute approximate surface area is 184 Å². The quantitative estimate of drug-likeness (QED) is 0.523. The van der Waals surface area contributed by atoms with Gasteiger partial charge in [0.1, 0.15) is 0 Å². The van der Waals surface area contributed by atoms with E-state index in [0.29, 0.717) is 16.9 Å². The molecule has 4 fully saturated rings. The Bertz CT molecular complexity index is 720. The Morgan fingerprint density at radius 2 is 1.90 bits per heavy atom. The highest BCUT2D eigenvalue weighted by atomic mass is 16.5. The molecular formula is C26H44N2O2. The van der Waals surface area contributed by atoms with E-state index in [1.54, 1.807) is 5.57 Å². The molecular weight excluding hydrogens is 372 g/mol. The number of amides is 1. The summed E-state index contributed by atoms with van der Waals surface area (Å²) in [4.78, 5) is 16.5. The predicted molar refractivity (Wildman–Crippen MR) is 122 cm³/mol. The fraction of sp³-hybridized carbons (Fsp3) is 0.885. The normalized spacial score (nSPS) is 47.2. The van der Waals surface area contributed by atoms with Crippen molar-refractivity contribution >= 4 is 6.09 Å². The first kappa shape index (κ1) is 22.2. The summed E-state index contributed by atoms with van der Waals surface area (Å²) < 4.78 is 4.98. The molecule has 0 bridgehead atoms. The van der Waals surface area contributed by atoms with Crippen LogP contribution in [-0.2, 0) is 4.74 Å². The van der Waals surface area contributed by atoms with E-state index in [4.69, 9.17) is 4.74 Å². The van der Waals surface area contributed by atoms with Crippen molar-refractivity contribution in [3.63, 3.8) is 0 Å². The second-order valence-corrected chi connectivity index (χ2v) is 11.3. The first-order chi connectivity index (χ1) is 13.8. The van der Waals surface area contributed by atoms with Gasteiger partial charge < -0.3 is 14.5 Å². The third-order valence-corrected chi connectivity index (χ3v) is 10.7. The Hall–Kier alpha value is -1.03. The van der Waals surface area contributed by atoms with Crippen molar-refractivity contribution in [3.05, 3.63) is 11.6 Å². The number of carbonyl (C=O) groups is 1. The molecule has 0 aromatic carbocycles. The monoisotopic (exact) mass is 416 g/mol. The first-order valence-electron chi connectivity index (χ1n) is 12.0. The zero-order valence-electron chi connectivity index (χ0n) is 19.1. The summed E-state index contributed by atoms with van der Waals surface area (Å²) in [5.74, 6) is 3.60. The van der Waals surface area contributed by atoms with E-state index in [9.17, 15) is 4.79 Å². The van der Waals surface area contributed by atoms with E-state index in [-0.39, 0.29) is 13.5 Å². The number of fused-ring (bicyclic) bond motifs is 4. The SMILES string of the molecule is C.COC(=O)N(C)C1CCC2(C)C(=CCC3C2CCC24CN(C)C(C)C2CCC34)C1. The van der Waals surface area contributed by atoms with Crippen molar-refractivity contribution < 1.29 is 9.53 Å². The molecule has 1 amide bonds. The van der Waals surface area contributed by atoms with Crippen LogP contribution in [0.5, 0.6) is 0 Å². The number of hydrogen-bond donors (Lipinski definition) is 0. The Morgan fingerprint density at radius 1 is 1.17 bits per heavy atom. The van der Waals surface area contributed by atoms with E-state index in [1.807, 2.05) is 11.9 Å². The average Bonchev–Trinajstić information content (AvgIpc) is 3.20. The molecule has 0 aromatic heterocycles. The Morgan fingerprint density at radius 3 is 2.63 bits per heavy atom. The molecule has 4 heteroatoms. The maximum atomic E-state index is 12.0. The van der Waals surface area contributed by atoms with Crippen molar-refractivity contribution in [1.29, 1.82) is 0 Å². The summed E-state index contributed by atoms with van der Waals surface area (Å²) in [6.07, 6.45) is 12.9. The maximum absolute atomic E-state index is 12.0. The van der Waals surface area contributed by atoms with Crippen LogP contribution in [0.25, 0.3) is 0 Å². The lowest BCUT2D eigenvalue weighted by molar-refractivity contribution is -0.0433. The van der Waals surface area contributed by atoms with E-state index >= 15 is 0 Å². The summed E-state index contributed by atoms with van der Waals surface area (Å²) >= 11 is 0. The number of carbonyl (C=O) groups excluding carboxylic acids is 1. The van der Waals surface area contributed by atoms with Crippen LogP contribution in [-0.4, -0.2) is 55.7 Å². The van der Waals surface area contributed by atoms with Crippen molar-refractivity contribution in [1.82, 2.24) is 9.80 Å². The Balaban J connectivity index is 0.00000218. The molecule has 3 saturated carbocycles. The zero-order valence-corrected chi connectivity index (χ0v) is 19.1. The Kier molecular flexibility index (Phi) is 5.57. The van der Waals surface area contributed by atoms with E-state index in [2.05, 4.69) is 31.9 Å². The molecule has 4 aliphatic carbocycles. The van der Waals surface area contributed by atoms with Gasteiger partial charge in [-0.15, -0.1) is 0 Å². The number of allylic oxidation sites excluding steroid dienone is 1. The summed E-state index contributed by atoms with van der Waals surface area (Å²) in [6, 6.07) is 1.07. The topological polar surface area (TPSA) is 32.8 Å². The molecule has 0 radical (unpaired) electrons. The molecule has 5 rings (SSSR count). The van der Waals surface area contributed by atoms with Gasteiger partial charge in [-0.05, 0) is 99.8 Å². The highest BCUT2D eigenvalue weighted by molar-refractivity contribution is 5.67. The standard InChI is InChI=1S/C25H40N2O2.CH4/c1-16-20-8-9-22-19-7-6-17-14-18(27(4)23(28)29-5)10-12-24(17,2)21(19)11-13-25(20,22)15-26(16)3;/h6,16,18-22H,7-15H2,1-5H3;1H4. The minimum atomic E-state index is -0.191. The van der Waals surface area contributed by atoms with Crippen LogP contribution in [0.15, 0.2) is 11.6 Å². The lowest BCUT2D eigenvalue weighted by Crippen LogP contribution is -2.53. The predicted octanol–water partition coefficient (Wildman–Crippen LogP) is 5.58. The first-order valence-corrected chi connectivity index (χ1v) is 12.0. The minimum absolute atomic E-state index is 0. The molecule has 1 heterocycles. The summed E-state index contributed by atoms with van der Waals surface area (Å²) in [6.45, 7) is 6.39. The number of hydrogen-bond acceptors (Lipinski definition) is 3. The summed E-state index contributed by atoms with van der Waals surface area (Å²) in [7, 11) is 5.76. The van der Waals surface area contributed by atoms with Gasteiger partial charge in [0.25, 0.3) is 0 Å². The fourth-order valence-electron chi connectivity index (χ4n) is 9.07. The molecule has 8 unspecified atom stereocenters. The smallest absolute Gasteiger partial charge is 0.409 e. The van der Waals surface area contributed by atoms with E-state index in [0.717, 1.165) is 42.6 Å². The molecule has 0 aromatic rings. The van der Waals surface area contributed by atoms with Gasteiger partial charge in [-0.2, -0.15) is 0 Å². The van der Waals surface area contributed by atoms with Crippen molar-refractivity contribution in [2.24, 2.45) is 34.5 Å². The van der Waals surface area contributed by atoms with E-state index in [1.165, 1.54) is 52.2 Å². The lowest BCUT2D eigenvalue weighted by Gasteiger charge is -2.58. The van der Waals surface area contributed by atoms with Gasteiger partial charge >= 0.3 is 6.09 Å². The molecule has 170 valence electrons. The van der Waals surface area contributed by atoms with Crippen LogP contribution in [0.4, 0.5) is 4.79 Å². The van der Waals surface area contributed by atoms with Crippen LogP contribution >= 0.6 is 0 Å². The number of nitrogens with zero attached hydrogens (tertiary/aromatic N) is 2. The number of rotatable bonds is 1. The van der Waals surface area contributed by atoms with Crippen LogP contribution in [0.3, 0.4) is 0 Å². The minimum Gasteiger partial charge on any atom is -0.453 e. The molecule has 8 atom stereocenters. The average molecular weight is 417 g/mol. The van der Waals surface area contributed by atoms with Crippen LogP contribution in [0.2, 0.25) is 0 Å². The van der Waals surface area contributed by atoms with Gasteiger partial charge in [-0.25, -0.2) is 4.79 Å². The van der Waals surface area contributed by atoms with Crippen molar-refractivity contribution in [2.75, 3.05) is 27.7 Å². The highest BCUT2D eigenvalue weighted by Gasteiger charge is 2.64. The lowest BCUT2D eigenvalue weighted by atomic mass is 9.47.